The van der Waals surface area contributed by atoms with Gasteiger partial charge in [0.2, 0.25) is 0 Å². The fourth-order valence-corrected chi connectivity index (χ4v) is 1.13. The first kappa shape index (κ1) is 14.5. The highest BCUT2D eigenvalue weighted by molar-refractivity contribution is 5.33. The predicted molar refractivity (Wildman–Crippen MR) is 49.5 cm³/mol. The van der Waals surface area contributed by atoms with E-state index < -0.39 is 24.2 Å². The average Bonchev–Trinajstić information content (AvgIpc) is 2.23. The quantitative estimate of drug-likeness (QED) is 0.784. The van der Waals surface area contributed by atoms with Gasteiger partial charge in [-0.1, -0.05) is 6.07 Å². The molecule has 1 rings (SSSR count). The van der Waals surface area contributed by atoms with Crippen molar-refractivity contribution >= 4 is 0 Å². The standard InChI is InChI=1S/C10H8F6O2/c1-17-6-3-2-4-7(5-6)18-8(9(11,12)13)10(14,15)16/h2-5,8H,1H3. The van der Waals surface area contributed by atoms with Crippen molar-refractivity contribution < 1.29 is 35.8 Å². The van der Waals surface area contributed by atoms with E-state index in [2.05, 4.69) is 9.47 Å². The van der Waals surface area contributed by atoms with Gasteiger partial charge in [0.1, 0.15) is 11.5 Å². The first-order chi connectivity index (χ1) is 8.14. The maximum absolute atomic E-state index is 12.2. The molecule has 0 bridgehead atoms. The molecule has 0 aromatic heterocycles. The Labute approximate surface area is 98.1 Å². The molecule has 0 aliphatic carbocycles. The Kier molecular flexibility index (Phi) is 3.98. The molecule has 0 amide bonds. The summed E-state index contributed by atoms with van der Waals surface area (Å²) in [6.45, 7) is 0. The average molecular weight is 274 g/mol. The molecular formula is C10H8F6O2. The Hall–Kier alpha value is -1.60. The van der Waals surface area contributed by atoms with Crippen LogP contribution in [0.15, 0.2) is 24.3 Å². The van der Waals surface area contributed by atoms with Crippen LogP contribution in [-0.2, 0) is 0 Å². The van der Waals surface area contributed by atoms with E-state index in [1.807, 2.05) is 0 Å². The number of halogens is 6. The van der Waals surface area contributed by atoms with E-state index in [4.69, 9.17) is 0 Å². The van der Waals surface area contributed by atoms with Crippen LogP contribution in [0.3, 0.4) is 0 Å². The van der Waals surface area contributed by atoms with Gasteiger partial charge in [-0.15, -0.1) is 0 Å². The number of alkyl halides is 6. The minimum atomic E-state index is -5.54. The lowest BCUT2D eigenvalue weighted by Crippen LogP contribution is -2.46. The van der Waals surface area contributed by atoms with Gasteiger partial charge in [0.15, 0.2) is 0 Å². The first-order valence-electron chi connectivity index (χ1n) is 4.58. The summed E-state index contributed by atoms with van der Waals surface area (Å²) in [6.07, 6.45) is -14.9. The van der Waals surface area contributed by atoms with Crippen molar-refractivity contribution in [2.45, 2.75) is 18.5 Å². The summed E-state index contributed by atoms with van der Waals surface area (Å²) in [7, 11) is 1.23. The van der Waals surface area contributed by atoms with Gasteiger partial charge in [-0.2, -0.15) is 26.3 Å². The lowest BCUT2D eigenvalue weighted by molar-refractivity contribution is -0.299. The minimum absolute atomic E-state index is 0.0931. The molecule has 102 valence electrons. The molecule has 0 fully saturated rings. The summed E-state index contributed by atoms with van der Waals surface area (Å²) in [5.41, 5.74) is 0. The smallest absolute Gasteiger partial charge is 0.434 e. The van der Waals surface area contributed by atoms with Gasteiger partial charge in [-0.05, 0) is 12.1 Å². The Morgan fingerprint density at radius 2 is 1.44 bits per heavy atom. The van der Waals surface area contributed by atoms with Crippen molar-refractivity contribution in [1.82, 2.24) is 0 Å². The molecule has 0 radical (unpaired) electrons. The number of methoxy groups -OCH3 is 1. The molecule has 0 spiro atoms. The Morgan fingerprint density at radius 1 is 0.944 bits per heavy atom. The van der Waals surface area contributed by atoms with Crippen LogP contribution in [0.1, 0.15) is 0 Å². The zero-order valence-electron chi connectivity index (χ0n) is 8.97. The number of benzene rings is 1. The summed E-state index contributed by atoms with van der Waals surface area (Å²) in [5.74, 6) is -0.482. The monoisotopic (exact) mass is 274 g/mol. The number of hydrogen-bond donors (Lipinski definition) is 0. The van der Waals surface area contributed by atoms with Crippen LogP contribution in [-0.4, -0.2) is 25.6 Å². The zero-order valence-corrected chi connectivity index (χ0v) is 8.97. The molecule has 0 heterocycles. The molecule has 0 aliphatic heterocycles. The van der Waals surface area contributed by atoms with E-state index in [1.165, 1.54) is 19.2 Å². The Bertz CT molecular complexity index is 384. The van der Waals surface area contributed by atoms with E-state index in [9.17, 15) is 26.3 Å². The largest absolute Gasteiger partial charge is 0.497 e. The molecule has 18 heavy (non-hydrogen) atoms. The van der Waals surface area contributed by atoms with Crippen LogP contribution in [0.5, 0.6) is 11.5 Å². The lowest BCUT2D eigenvalue weighted by Gasteiger charge is -2.23. The SMILES string of the molecule is COc1cccc(OC(C(F)(F)F)C(F)(F)F)c1. The first-order valence-corrected chi connectivity index (χ1v) is 4.58. The normalized spacial score (nSPS) is 12.7. The van der Waals surface area contributed by atoms with Crippen molar-refractivity contribution in [3.05, 3.63) is 24.3 Å². The van der Waals surface area contributed by atoms with E-state index in [-0.39, 0.29) is 5.75 Å². The van der Waals surface area contributed by atoms with Crippen molar-refractivity contribution in [2.75, 3.05) is 7.11 Å². The molecule has 0 unspecified atom stereocenters. The van der Waals surface area contributed by atoms with Gasteiger partial charge >= 0.3 is 12.4 Å². The number of hydrogen-bond acceptors (Lipinski definition) is 2. The Morgan fingerprint density at radius 3 is 1.89 bits per heavy atom. The molecule has 0 aliphatic rings. The molecule has 8 heteroatoms. The number of rotatable bonds is 3. The summed E-state index contributed by atoms with van der Waals surface area (Å²) in [4.78, 5) is 0. The van der Waals surface area contributed by atoms with Crippen molar-refractivity contribution in [2.24, 2.45) is 0 Å². The van der Waals surface area contributed by atoms with Gasteiger partial charge in [-0.25, -0.2) is 0 Å². The second-order valence-corrected chi connectivity index (χ2v) is 3.26. The third-order valence-electron chi connectivity index (χ3n) is 1.89. The highest BCUT2D eigenvalue weighted by Gasteiger charge is 2.59. The van der Waals surface area contributed by atoms with Crippen LogP contribution in [0, 0.1) is 0 Å². The van der Waals surface area contributed by atoms with Crippen LogP contribution in [0.2, 0.25) is 0 Å². The van der Waals surface area contributed by atoms with E-state index in [0.29, 0.717) is 0 Å². The van der Waals surface area contributed by atoms with Gasteiger partial charge in [0.25, 0.3) is 6.10 Å². The fourth-order valence-electron chi connectivity index (χ4n) is 1.13. The minimum Gasteiger partial charge on any atom is -0.497 e. The summed E-state index contributed by atoms with van der Waals surface area (Å²) in [5, 5.41) is 0. The molecule has 0 saturated carbocycles. The molecule has 0 atom stereocenters. The fraction of sp³-hybridized carbons (Fsp3) is 0.400. The van der Waals surface area contributed by atoms with Crippen LogP contribution < -0.4 is 9.47 Å². The molecule has 1 aromatic carbocycles. The van der Waals surface area contributed by atoms with Crippen molar-refractivity contribution in [3.8, 4) is 11.5 Å². The summed E-state index contributed by atoms with van der Waals surface area (Å²) >= 11 is 0. The second kappa shape index (κ2) is 4.95. The van der Waals surface area contributed by atoms with Crippen molar-refractivity contribution in [1.29, 1.82) is 0 Å². The molecule has 2 nitrogen and oxygen atoms in total. The summed E-state index contributed by atoms with van der Waals surface area (Å²) in [6, 6.07) is 4.50. The highest BCUT2D eigenvalue weighted by atomic mass is 19.4. The highest BCUT2D eigenvalue weighted by Crippen LogP contribution is 2.36. The van der Waals surface area contributed by atoms with Crippen molar-refractivity contribution in [3.63, 3.8) is 0 Å². The van der Waals surface area contributed by atoms with Gasteiger partial charge in [0.05, 0.1) is 7.11 Å². The molecule has 0 saturated heterocycles. The molecule has 0 N–H and O–H groups in total. The molecular weight excluding hydrogens is 266 g/mol. The lowest BCUT2D eigenvalue weighted by atomic mass is 10.3. The number of ether oxygens (including phenoxy) is 2. The van der Waals surface area contributed by atoms with E-state index in [0.717, 1.165) is 12.1 Å². The topological polar surface area (TPSA) is 18.5 Å². The van der Waals surface area contributed by atoms with Crippen LogP contribution in [0.25, 0.3) is 0 Å². The van der Waals surface area contributed by atoms with Gasteiger partial charge < -0.3 is 9.47 Å². The maximum Gasteiger partial charge on any atom is 0.434 e. The molecule has 1 aromatic rings. The van der Waals surface area contributed by atoms with Crippen LogP contribution in [0.4, 0.5) is 26.3 Å². The third-order valence-corrected chi connectivity index (χ3v) is 1.89. The maximum atomic E-state index is 12.2. The summed E-state index contributed by atoms with van der Waals surface area (Å²) < 4.78 is 81.9. The Balaban J connectivity index is 2.97. The van der Waals surface area contributed by atoms with Crippen LogP contribution >= 0.6 is 0 Å². The van der Waals surface area contributed by atoms with E-state index >= 15 is 0 Å². The van der Waals surface area contributed by atoms with Gasteiger partial charge in [-0.3, -0.25) is 0 Å². The third kappa shape index (κ3) is 3.71. The van der Waals surface area contributed by atoms with Gasteiger partial charge in [0, 0.05) is 6.07 Å². The van der Waals surface area contributed by atoms with E-state index in [1.54, 1.807) is 0 Å². The predicted octanol–water partition coefficient (Wildman–Crippen LogP) is 3.57. The zero-order chi connectivity index (χ0) is 14.0. The second-order valence-electron chi connectivity index (χ2n) is 3.26.